The molecule has 178 valence electrons. The van der Waals surface area contributed by atoms with Gasteiger partial charge in [-0.25, -0.2) is 4.79 Å². The minimum absolute atomic E-state index is 0.229. The van der Waals surface area contributed by atoms with Gasteiger partial charge in [0.15, 0.2) is 5.72 Å². The third-order valence-electron chi connectivity index (χ3n) is 6.27. The predicted octanol–water partition coefficient (Wildman–Crippen LogP) is 6.64. The molecule has 0 bridgehead atoms. The quantitative estimate of drug-likeness (QED) is 0.467. The first kappa shape index (κ1) is 23.8. The number of carbonyl (C=O) groups excluding carboxylic acids is 1. The van der Waals surface area contributed by atoms with Crippen LogP contribution in [0.15, 0.2) is 72.8 Å². The number of nitrogens with zero attached hydrogens (tertiary/aromatic N) is 2. The summed E-state index contributed by atoms with van der Waals surface area (Å²) in [5.41, 5.74) is 0.682. The van der Waals surface area contributed by atoms with Gasteiger partial charge >= 0.3 is 12.2 Å². The van der Waals surface area contributed by atoms with Crippen molar-refractivity contribution in [1.29, 1.82) is 0 Å². The van der Waals surface area contributed by atoms with Gasteiger partial charge in [-0.15, -0.1) is 0 Å². The average Bonchev–Trinajstić information content (AvgIpc) is 3.02. The molecular formula is C27H27F3N2O2. The summed E-state index contributed by atoms with van der Waals surface area (Å²) in [6.45, 7) is 7.59. The van der Waals surface area contributed by atoms with Crippen LogP contribution in [0.25, 0.3) is 0 Å². The highest BCUT2D eigenvalue weighted by atomic mass is 19.4. The molecule has 34 heavy (non-hydrogen) atoms. The van der Waals surface area contributed by atoms with E-state index in [1.165, 1.54) is 21.9 Å². The summed E-state index contributed by atoms with van der Waals surface area (Å²) in [5.74, 6) is -0.229. The van der Waals surface area contributed by atoms with Gasteiger partial charge in [-0.05, 0) is 56.2 Å². The molecule has 0 saturated carbocycles. The largest absolute Gasteiger partial charge is 0.416 e. The summed E-state index contributed by atoms with van der Waals surface area (Å²) in [4.78, 5) is 16.7. The second-order valence-corrected chi connectivity index (χ2v) is 9.15. The molecule has 2 amide bonds. The number of aryl methyl sites for hydroxylation is 2. The molecule has 0 radical (unpaired) electrons. The van der Waals surface area contributed by atoms with E-state index in [0.717, 1.165) is 23.3 Å². The normalized spacial score (nSPS) is 21.0. The first-order valence-electron chi connectivity index (χ1n) is 11.1. The van der Waals surface area contributed by atoms with Gasteiger partial charge in [-0.2, -0.15) is 13.2 Å². The molecule has 0 aromatic heterocycles. The van der Waals surface area contributed by atoms with Crippen molar-refractivity contribution in [3.8, 4) is 0 Å². The number of hydrogen-bond acceptors (Lipinski definition) is 2. The SMILES string of the molecule is Cc1ccc(N2C(=O)N(c3ccc(C(F)(F)F)cc3)C(C(C)C)C2(O)c2cccc(C)c2)cc1. The molecule has 4 nitrogen and oxygen atoms in total. The number of urea groups is 1. The Morgan fingerprint density at radius 3 is 2.00 bits per heavy atom. The predicted molar refractivity (Wildman–Crippen MR) is 127 cm³/mol. The van der Waals surface area contributed by atoms with Crippen LogP contribution < -0.4 is 9.80 Å². The first-order chi connectivity index (χ1) is 15.9. The molecule has 3 aromatic rings. The molecule has 2 atom stereocenters. The van der Waals surface area contributed by atoms with Crippen LogP contribution in [0, 0.1) is 19.8 Å². The third-order valence-corrected chi connectivity index (χ3v) is 6.27. The van der Waals surface area contributed by atoms with Gasteiger partial charge in [0.2, 0.25) is 0 Å². The lowest BCUT2D eigenvalue weighted by molar-refractivity contribution is -0.137. The topological polar surface area (TPSA) is 43.8 Å². The van der Waals surface area contributed by atoms with E-state index in [1.807, 2.05) is 58.0 Å². The zero-order valence-corrected chi connectivity index (χ0v) is 19.5. The Morgan fingerprint density at radius 2 is 1.47 bits per heavy atom. The Balaban J connectivity index is 1.93. The monoisotopic (exact) mass is 468 g/mol. The number of carbonyl (C=O) groups is 1. The van der Waals surface area contributed by atoms with E-state index in [-0.39, 0.29) is 11.6 Å². The summed E-state index contributed by atoms with van der Waals surface area (Å²) < 4.78 is 39.4. The van der Waals surface area contributed by atoms with E-state index in [2.05, 4.69) is 0 Å². The molecule has 1 heterocycles. The van der Waals surface area contributed by atoms with Gasteiger partial charge in [0.25, 0.3) is 0 Å². The lowest BCUT2D eigenvalue weighted by Gasteiger charge is -2.39. The Morgan fingerprint density at radius 1 is 0.882 bits per heavy atom. The highest BCUT2D eigenvalue weighted by Gasteiger charge is 2.59. The number of alkyl halides is 3. The van der Waals surface area contributed by atoms with Crippen molar-refractivity contribution in [2.45, 2.75) is 45.6 Å². The number of benzene rings is 3. The lowest BCUT2D eigenvalue weighted by Crippen LogP contribution is -2.52. The van der Waals surface area contributed by atoms with Crippen molar-refractivity contribution in [3.63, 3.8) is 0 Å². The van der Waals surface area contributed by atoms with Crippen LogP contribution >= 0.6 is 0 Å². The van der Waals surface area contributed by atoms with Gasteiger partial charge in [-0.3, -0.25) is 9.80 Å². The van der Waals surface area contributed by atoms with E-state index in [0.29, 0.717) is 11.3 Å². The van der Waals surface area contributed by atoms with E-state index in [4.69, 9.17) is 0 Å². The summed E-state index contributed by atoms with van der Waals surface area (Å²) >= 11 is 0. The molecule has 1 saturated heterocycles. The number of rotatable bonds is 4. The van der Waals surface area contributed by atoms with Gasteiger partial charge in [0.05, 0.1) is 11.6 Å². The third kappa shape index (κ3) is 3.94. The second-order valence-electron chi connectivity index (χ2n) is 9.15. The zero-order chi connectivity index (χ0) is 24.8. The molecule has 4 rings (SSSR count). The number of hydrogen-bond donors (Lipinski definition) is 1. The number of halogens is 3. The maximum atomic E-state index is 13.9. The Bertz CT molecular complexity index is 1190. The van der Waals surface area contributed by atoms with Crippen molar-refractivity contribution in [1.82, 2.24) is 0 Å². The fourth-order valence-corrected chi connectivity index (χ4v) is 4.70. The summed E-state index contributed by atoms with van der Waals surface area (Å²) in [5, 5.41) is 12.4. The zero-order valence-electron chi connectivity index (χ0n) is 19.5. The fraction of sp³-hybridized carbons (Fsp3) is 0.296. The molecule has 1 aliphatic heterocycles. The summed E-state index contributed by atoms with van der Waals surface area (Å²) in [6, 6.07) is 17.8. The van der Waals surface area contributed by atoms with Gasteiger partial charge in [0, 0.05) is 16.9 Å². The molecule has 2 unspecified atom stereocenters. The molecule has 7 heteroatoms. The Hall–Kier alpha value is -3.32. The molecule has 1 N–H and O–H groups in total. The number of anilines is 2. The standard InChI is InChI=1S/C27H27F3N2O2/c1-17(2)24-26(34,21-7-5-6-19(4)16-21)32(23-12-8-18(3)9-13-23)25(33)31(24)22-14-10-20(11-15-22)27(28,29)30/h5-17,24,34H,1-4H3. The van der Waals surface area contributed by atoms with E-state index in [9.17, 15) is 23.1 Å². The highest BCUT2D eigenvalue weighted by molar-refractivity contribution is 6.08. The first-order valence-corrected chi connectivity index (χ1v) is 11.1. The molecular weight excluding hydrogens is 441 g/mol. The van der Waals surface area contributed by atoms with Gasteiger partial charge in [0.1, 0.15) is 0 Å². The van der Waals surface area contributed by atoms with Crippen molar-refractivity contribution in [2.75, 3.05) is 9.80 Å². The van der Waals surface area contributed by atoms with Gasteiger partial charge < -0.3 is 5.11 Å². The van der Waals surface area contributed by atoms with Crippen LogP contribution in [0.2, 0.25) is 0 Å². The maximum absolute atomic E-state index is 13.9. The highest BCUT2D eigenvalue weighted by Crippen LogP contribution is 2.47. The Kier molecular flexibility index (Phi) is 5.94. The molecule has 0 spiro atoms. The number of amides is 2. The fourth-order valence-electron chi connectivity index (χ4n) is 4.70. The van der Waals surface area contributed by atoms with Crippen LogP contribution in [-0.2, 0) is 11.9 Å². The van der Waals surface area contributed by atoms with E-state index >= 15 is 0 Å². The lowest BCUT2D eigenvalue weighted by atomic mass is 9.86. The minimum atomic E-state index is -4.48. The van der Waals surface area contributed by atoms with Crippen molar-refractivity contribution >= 4 is 17.4 Å². The second kappa shape index (κ2) is 8.47. The maximum Gasteiger partial charge on any atom is 0.416 e. The smallest absolute Gasteiger partial charge is 0.365 e. The van der Waals surface area contributed by atoms with E-state index in [1.54, 1.807) is 18.2 Å². The van der Waals surface area contributed by atoms with Crippen LogP contribution in [0.1, 0.15) is 36.1 Å². The summed E-state index contributed by atoms with van der Waals surface area (Å²) in [6.07, 6.45) is -4.48. The molecule has 1 fully saturated rings. The number of aliphatic hydroxyl groups is 1. The van der Waals surface area contributed by atoms with Crippen LogP contribution in [0.4, 0.5) is 29.3 Å². The van der Waals surface area contributed by atoms with Crippen molar-refractivity contribution in [3.05, 3.63) is 95.1 Å². The van der Waals surface area contributed by atoms with Crippen LogP contribution in [0.5, 0.6) is 0 Å². The van der Waals surface area contributed by atoms with Crippen LogP contribution in [-0.4, -0.2) is 17.2 Å². The molecule has 1 aliphatic rings. The summed E-state index contributed by atoms with van der Waals surface area (Å²) in [7, 11) is 0. The van der Waals surface area contributed by atoms with Gasteiger partial charge in [-0.1, -0.05) is 61.4 Å². The Labute approximate surface area is 197 Å². The van der Waals surface area contributed by atoms with Crippen molar-refractivity contribution < 1.29 is 23.1 Å². The average molecular weight is 469 g/mol. The molecule has 0 aliphatic carbocycles. The van der Waals surface area contributed by atoms with Crippen molar-refractivity contribution in [2.24, 2.45) is 5.92 Å². The molecule has 3 aromatic carbocycles. The minimum Gasteiger partial charge on any atom is -0.365 e. The van der Waals surface area contributed by atoms with Crippen LogP contribution in [0.3, 0.4) is 0 Å². The van der Waals surface area contributed by atoms with E-state index < -0.39 is 29.5 Å².